The molecule has 9 heteroatoms. The summed E-state index contributed by atoms with van der Waals surface area (Å²) >= 11 is 5.89. The van der Waals surface area contributed by atoms with E-state index < -0.39 is 10.0 Å². The van der Waals surface area contributed by atoms with Crippen molar-refractivity contribution in [2.75, 3.05) is 25.4 Å². The first kappa shape index (κ1) is 17.7. The fourth-order valence-electron chi connectivity index (χ4n) is 3.37. The number of rotatable bonds is 5. The molecule has 1 aromatic heterocycles. The Morgan fingerprint density at radius 3 is 2.58 bits per heavy atom. The summed E-state index contributed by atoms with van der Waals surface area (Å²) in [7, 11) is -3.25. The van der Waals surface area contributed by atoms with E-state index in [0.29, 0.717) is 23.8 Å². The summed E-state index contributed by atoms with van der Waals surface area (Å²) in [6, 6.07) is 7.57. The zero-order valence-corrected chi connectivity index (χ0v) is 15.8. The van der Waals surface area contributed by atoms with Gasteiger partial charge >= 0.3 is 0 Å². The van der Waals surface area contributed by atoms with Crippen LogP contribution >= 0.6 is 11.6 Å². The molecule has 7 nitrogen and oxygen atoms in total. The largest absolute Gasteiger partial charge is 0.291 e. The molecule has 0 aliphatic carbocycles. The predicted molar refractivity (Wildman–Crippen MR) is 99.3 cm³/mol. The van der Waals surface area contributed by atoms with E-state index >= 15 is 0 Å². The molecule has 26 heavy (non-hydrogen) atoms. The van der Waals surface area contributed by atoms with Crippen molar-refractivity contribution in [3.8, 4) is 0 Å². The highest BCUT2D eigenvalue weighted by atomic mass is 35.5. The highest BCUT2D eigenvalue weighted by Gasteiger charge is 2.39. The van der Waals surface area contributed by atoms with E-state index in [4.69, 9.17) is 11.6 Å². The number of sulfonamides is 1. The first-order chi connectivity index (χ1) is 12.5. The summed E-state index contributed by atoms with van der Waals surface area (Å²) in [5.74, 6) is 0.174. The number of halogens is 1. The van der Waals surface area contributed by atoms with Crippen molar-refractivity contribution in [3.63, 3.8) is 0 Å². The van der Waals surface area contributed by atoms with Crippen LogP contribution in [0.25, 0.3) is 0 Å². The molecule has 0 bridgehead atoms. The second-order valence-corrected chi connectivity index (χ2v) is 9.13. The lowest BCUT2D eigenvalue weighted by molar-refractivity contribution is 0.250. The second kappa shape index (κ2) is 7.11. The fourth-order valence-corrected chi connectivity index (χ4v) is 5.24. The number of hydrogen-bond donors (Lipinski definition) is 0. The van der Waals surface area contributed by atoms with Crippen LogP contribution in [0.2, 0.25) is 5.02 Å². The minimum Gasteiger partial charge on any atom is -0.291 e. The average molecular weight is 394 g/mol. The Bertz CT molecular complexity index is 901. The van der Waals surface area contributed by atoms with Crippen molar-refractivity contribution in [2.24, 2.45) is 0 Å². The molecule has 1 fully saturated rings. The van der Waals surface area contributed by atoms with Gasteiger partial charge in [0, 0.05) is 30.7 Å². The van der Waals surface area contributed by atoms with Crippen LogP contribution in [0, 0.1) is 0 Å². The number of hydrogen-bond acceptors (Lipinski definition) is 5. The molecule has 2 aromatic rings. The van der Waals surface area contributed by atoms with Crippen molar-refractivity contribution in [1.82, 2.24) is 24.2 Å². The number of nitrogens with zero attached hydrogens (tertiary/aromatic N) is 5. The van der Waals surface area contributed by atoms with Crippen LogP contribution in [-0.4, -0.2) is 64.0 Å². The Kier molecular flexibility index (Phi) is 4.83. The zero-order valence-electron chi connectivity index (χ0n) is 14.2. The molecule has 1 unspecified atom stereocenters. The van der Waals surface area contributed by atoms with Gasteiger partial charge in [-0.15, -0.1) is 5.10 Å². The maximum Gasteiger partial charge on any atom is 0.216 e. The molecule has 2 aliphatic heterocycles. The highest BCUT2D eigenvalue weighted by molar-refractivity contribution is 7.89. The molecule has 0 amide bonds. The van der Waals surface area contributed by atoms with Crippen LogP contribution in [0.4, 0.5) is 0 Å². The summed E-state index contributed by atoms with van der Waals surface area (Å²) < 4.78 is 28.2. The fraction of sp³-hybridized carbons (Fsp3) is 0.412. The molecule has 3 heterocycles. The molecule has 0 spiro atoms. The third kappa shape index (κ3) is 3.83. The minimum absolute atomic E-state index is 0.0408. The average Bonchev–Trinajstić information content (AvgIpc) is 3.32. The van der Waals surface area contributed by atoms with Gasteiger partial charge in [-0.05, 0) is 17.7 Å². The molecule has 0 N–H and O–H groups in total. The number of benzene rings is 1. The first-order valence-electron chi connectivity index (χ1n) is 8.50. The molecule has 1 atom stereocenters. The van der Waals surface area contributed by atoms with Crippen molar-refractivity contribution in [3.05, 3.63) is 58.9 Å². The molecular weight excluding hydrogens is 374 g/mol. The van der Waals surface area contributed by atoms with E-state index in [1.165, 1.54) is 4.31 Å². The molecule has 0 saturated carbocycles. The van der Waals surface area contributed by atoms with E-state index in [1.54, 1.807) is 10.9 Å². The lowest BCUT2D eigenvalue weighted by Gasteiger charge is -2.21. The molecule has 0 radical (unpaired) electrons. The molecule has 1 aromatic carbocycles. The van der Waals surface area contributed by atoms with Crippen molar-refractivity contribution < 1.29 is 8.42 Å². The molecule has 4 rings (SSSR count). The van der Waals surface area contributed by atoms with Crippen LogP contribution < -0.4 is 0 Å². The molecule has 138 valence electrons. The quantitative estimate of drug-likeness (QED) is 0.717. The van der Waals surface area contributed by atoms with Crippen molar-refractivity contribution in [2.45, 2.75) is 19.1 Å². The zero-order chi connectivity index (χ0) is 18.1. The van der Waals surface area contributed by atoms with E-state index in [1.807, 2.05) is 24.3 Å². The molecule has 2 aliphatic rings. The molecule has 1 saturated heterocycles. The van der Waals surface area contributed by atoms with Gasteiger partial charge in [-0.2, -0.15) is 4.31 Å². The van der Waals surface area contributed by atoms with Gasteiger partial charge in [0.25, 0.3) is 0 Å². The van der Waals surface area contributed by atoms with Gasteiger partial charge in [0.2, 0.25) is 10.0 Å². The molecular formula is C17H20ClN5O2S. The second-order valence-electron chi connectivity index (χ2n) is 6.68. The lowest BCUT2D eigenvalue weighted by atomic mass is 10.2. The minimum atomic E-state index is -3.25. The summed E-state index contributed by atoms with van der Waals surface area (Å²) in [6.07, 6.45) is 5.96. The maximum absolute atomic E-state index is 12.5. The van der Waals surface area contributed by atoms with Crippen LogP contribution in [0.1, 0.15) is 11.3 Å². The monoisotopic (exact) mass is 393 g/mol. The van der Waals surface area contributed by atoms with Gasteiger partial charge in [-0.25, -0.2) is 13.1 Å². The summed E-state index contributed by atoms with van der Waals surface area (Å²) in [6.45, 7) is 2.99. The van der Waals surface area contributed by atoms with Gasteiger partial charge in [-0.3, -0.25) is 4.90 Å². The summed E-state index contributed by atoms with van der Waals surface area (Å²) in [4.78, 5) is 2.19. The third-order valence-corrected chi connectivity index (χ3v) is 6.88. The van der Waals surface area contributed by atoms with Gasteiger partial charge in [0.05, 0.1) is 30.7 Å². The van der Waals surface area contributed by atoms with E-state index in [-0.39, 0.29) is 18.3 Å². The summed E-state index contributed by atoms with van der Waals surface area (Å²) in [5, 5.41) is 8.94. The standard InChI is InChI=1S/C17H20ClN5O2S/c18-15-5-3-14(4-6-15)9-22-10-16(19-20-22)11-23-12-17(13-26(23,24)25)21-7-1-2-8-21/h1-6,10,17H,7-9,11-13H2. The van der Waals surface area contributed by atoms with Crippen LogP contribution in [-0.2, 0) is 23.1 Å². The van der Waals surface area contributed by atoms with Crippen molar-refractivity contribution >= 4 is 21.6 Å². The first-order valence-corrected chi connectivity index (χ1v) is 10.5. The topological polar surface area (TPSA) is 71.3 Å². The Hall–Kier alpha value is -1.74. The van der Waals surface area contributed by atoms with E-state index in [9.17, 15) is 8.42 Å². The van der Waals surface area contributed by atoms with Gasteiger partial charge in [0.15, 0.2) is 0 Å². The number of aromatic nitrogens is 3. The Morgan fingerprint density at radius 1 is 1.12 bits per heavy atom. The van der Waals surface area contributed by atoms with Crippen molar-refractivity contribution in [1.29, 1.82) is 0 Å². The maximum atomic E-state index is 12.5. The lowest BCUT2D eigenvalue weighted by Crippen LogP contribution is -2.37. The van der Waals surface area contributed by atoms with Gasteiger partial charge < -0.3 is 0 Å². The third-order valence-electron chi connectivity index (χ3n) is 4.76. The van der Waals surface area contributed by atoms with E-state index in [2.05, 4.69) is 27.4 Å². The Balaban J connectivity index is 1.41. The van der Waals surface area contributed by atoms with Gasteiger partial charge in [0.1, 0.15) is 0 Å². The predicted octanol–water partition coefficient (Wildman–Crippen LogP) is 1.37. The smallest absolute Gasteiger partial charge is 0.216 e. The van der Waals surface area contributed by atoms with Crippen LogP contribution in [0.3, 0.4) is 0 Å². The highest BCUT2D eigenvalue weighted by Crippen LogP contribution is 2.22. The SMILES string of the molecule is O=S1(=O)CC(N2CC=CC2)CN1Cc1cn(Cc2ccc(Cl)cc2)nn1. The normalized spacial score (nSPS) is 23.0. The van der Waals surface area contributed by atoms with Gasteiger partial charge in [-0.1, -0.05) is 41.1 Å². The van der Waals surface area contributed by atoms with Crippen LogP contribution in [0.5, 0.6) is 0 Å². The van der Waals surface area contributed by atoms with Crippen LogP contribution in [0.15, 0.2) is 42.6 Å². The summed E-state index contributed by atoms with van der Waals surface area (Å²) in [5.41, 5.74) is 1.71. The Labute approximate surface area is 157 Å². The van der Waals surface area contributed by atoms with E-state index in [0.717, 1.165) is 18.7 Å². The Morgan fingerprint density at radius 2 is 1.85 bits per heavy atom.